The molecule has 0 unspecified atom stereocenters. The maximum absolute atomic E-state index is 1.50. The molecule has 0 aliphatic heterocycles. The first-order valence-corrected chi connectivity index (χ1v) is 2.50. The van der Waals surface area contributed by atoms with E-state index < -0.39 is 0 Å². The van der Waals surface area contributed by atoms with E-state index in [9.17, 15) is 0 Å². The summed E-state index contributed by atoms with van der Waals surface area (Å²) in [5.41, 5.74) is 0. The molecular formula is C5H11Li. The van der Waals surface area contributed by atoms with Gasteiger partial charge in [0.1, 0.15) is 0 Å². The molecule has 0 bridgehead atoms. The summed E-state index contributed by atoms with van der Waals surface area (Å²) in [6.45, 7) is 0. The third-order valence-corrected chi connectivity index (χ3v) is 1.25. The summed E-state index contributed by atoms with van der Waals surface area (Å²) in [5.74, 6) is 0. The standard InChI is InChI=1S/C5H10.Li.H/c1-2-4-5-3-1;;/h1-5H2;;. The van der Waals surface area contributed by atoms with Gasteiger partial charge in [-0.1, -0.05) is 32.1 Å². The van der Waals surface area contributed by atoms with Crippen molar-refractivity contribution in [3.63, 3.8) is 0 Å². The summed E-state index contributed by atoms with van der Waals surface area (Å²) in [7, 11) is 0. The van der Waals surface area contributed by atoms with Crippen molar-refractivity contribution in [2.45, 2.75) is 32.1 Å². The van der Waals surface area contributed by atoms with Gasteiger partial charge in [0.2, 0.25) is 0 Å². The molecule has 0 aromatic carbocycles. The fourth-order valence-corrected chi connectivity index (χ4v) is 0.884. The van der Waals surface area contributed by atoms with E-state index in [-0.39, 0.29) is 18.9 Å². The fourth-order valence-electron chi connectivity index (χ4n) is 0.884. The Hall–Kier alpha value is 0.597. The molecule has 0 aromatic heterocycles. The van der Waals surface area contributed by atoms with Gasteiger partial charge in [-0.3, -0.25) is 0 Å². The SMILES string of the molecule is C1CCCC1.[LiH]. The van der Waals surface area contributed by atoms with Crippen LogP contribution in [0.5, 0.6) is 0 Å². The number of hydrogen-bond donors (Lipinski definition) is 0. The third-order valence-electron chi connectivity index (χ3n) is 1.25. The van der Waals surface area contributed by atoms with Crippen molar-refractivity contribution in [2.24, 2.45) is 0 Å². The summed E-state index contributed by atoms with van der Waals surface area (Å²) < 4.78 is 0. The molecule has 32 valence electrons. The molecule has 0 amide bonds. The van der Waals surface area contributed by atoms with E-state index in [0.717, 1.165) is 0 Å². The van der Waals surface area contributed by atoms with E-state index in [1.54, 1.807) is 0 Å². The third kappa shape index (κ3) is 1.90. The van der Waals surface area contributed by atoms with E-state index >= 15 is 0 Å². The second-order valence-electron chi connectivity index (χ2n) is 1.77. The Labute approximate surface area is 51.5 Å². The number of hydrogen-bond acceptors (Lipinski definition) is 0. The Morgan fingerprint density at radius 2 is 0.667 bits per heavy atom. The van der Waals surface area contributed by atoms with Crippen molar-refractivity contribution in [2.75, 3.05) is 0 Å². The molecule has 0 atom stereocenters. The zero-order chi connectivity index (χ0) is 3.54. The van der Waals surface area contributed by atoms with E-state index in [1.807, 2.05) is 0 Å². The van der Waals surface area contributed by atoms with Gasteiger partial charge in [0.15, 0.2) is 0 Å². The Kier molecular flexibility index (Phi) is 4.15. The first-order valence-electron chi connectivity index (χ1n) is 2.50. The Morgan fingerprint density at radius 1 is 0.500 bits per heavy atom. The molecule has 1 aliphatic carbocycles. The van der Waals surface area contributed by atoms with Crippen LogP contribution in [-0.4, -0.2) is 18.9 Å². The van der Waals surface area contributed by atoms with Crippen LogP contribution in [-0.2, 0) is 0 Å². The van der Waals surface area contributed by atoms with E-state index in [1.165, 1.54) is 32.1 Å². The molecule has 0 N–H and O–H groups in total. The van der Waals surface area contributed by atoms with Crippen LogP contribution in [0.15, 0.2) is 0 Å². The predicted octanol–water partition coefficient (Wildman–Crippen LogP) is 1.30. The van der Waals surface area contributed by atoms with Crippen molar-refractivity contribution in [3.05, 3.63) is 0 Å². The van der Waals surface area contributed by atoms with Crippen LogP contribution in [0, 0.1) is 0 Å². The monoisotopic (exact) mass is 78.1 g/mol. The van der Waals surface area contributed by atoms with Crippen molar-refractivity contribution < 1.29 is 0 Å². The van der Waals surface area contributed by atoms with Crippen LogP contribution >= 0.6 is 0 Å². The Bertz CT molecular complexity index is 15.5. The average Bonchev–Trinajstić information content (AvgIpc) is 1.76. The molecule has 0 radical (unpaired) electrons. The van der Waals surface area contributed by atoms with Crippen LogP contribution in [0.3, 0.4) is 0 Å². The zero-order valence-electron chi connectivity index (χ0n) is 3.54. The number of rotatable bonds is 0. The van der Waals surface area contributed by atoms with Gasteiger partial charge in [-0.15, -0.1) is 0 Å². The predicted molar refractivity (Wildman–Crippen MR) is 30.2 cm³/mol. The molecule has 1 saturated carbocycles. The van der Waals surface area contributed by atoms with E-state index in [2.05, 4.69) is 0 Å². The molecule has 0 spiro atoms. The Balaban J connectivity index is 0.000000250. The first kappa shape index (κ1) is 6.60. The molecule has 0 saturated heterocycles. The molecule has 0 nitrogen and oxygen atoms in total. The van der Waals surface area contributed by atoms with Gasteiger partial charge in [0.05, 0.1) is 0 Å². The van der Waals surface area contributed by atoms with Crippen LogP contribution in [0.25, 0.3) is 0 Å². The van der Waals surface area contributed by atoms with Gasteiger partial charge in [0.25, 0.3) is 0 Å². The summed E-state index contributed by atoms with van der Waals surface area (Å²) in [6, 6.07) is 0. The molecule has 0 heterocycles. The van der Waals surface area contributed by atoms with Gasteiger partial charge in [0, 0.05) is 0 Å². The summed E-state index contributed by atoms with van der Waals surface area (Å²) >= 11 is 0. The second-order valence-corrected chi connectivity index (χ2v) is 1.77. The van der Waals surface area contributed by atoms with Gasteiger partial charge in [-0.2, -0.15) is 0 Å². The van der Waals surface area contributed by atoms with Crippen LogP contribution in [0.4, 0.5) is 0 Å². The van der Waals surface area contributed by atoms with E-state index in [4.69, 9.17) is 0 Å². The minimum absolute atomic E-state index is 0. The second kappa shape index (κ2) is 3.78. The van der Waals surface area contributed by atoms with Gasteiger partial charge >= 0.3 is 18.9 Å². The molecule has 1 fully saturated rings. The van der Waals surface area contributed by atoms with Crippen LogP contribution in [0.1, 0.15) is 32.1 Å². The van der Waals surface area contributed by atoms with E-state index in [0.29, 0.717) is 0 Å². The van der Waals surface area contributed by atoms with Crippen molar-refractivity contribution in [1.82, 2.24) is 0 Å². The average molecular weight is 78.1 g/mol. The molecule has 1 rings (SSSR count). The van der Waals surface area contributed by atoms with Gasteiger partial charge in [-0.05, 0) is 0 Å². The summed E-state index contributed by atoms with van der Waals surface area (Å²) in [5, 5.41) is 0. The molecule has 1 heteroatoms. The molecular weight excluding hydrogens is 67.0 g/mol. The zero-order valence-corrected chi connectivity index (χ0v) is 3.54. The normalized spacial score (nSPS) is 20.0. The van der Waals surface area contributed by atoms with Crippen LogP contribution in [0.2, 0.25) is 0 Å². The van der Waals surface area contributed by atoms with Crippen molar-refractivity contribution >= 4 is 18.9 Å². The topological polar surface area (TPSA) is 0 Å². The van der Waals surface area contributed by atoms with Gasteiger partial charge in [-0.25, -0.2) is 0 Å². The fraction of sp³-hybridized carbons (Fsp3) is 1.00. The molecule has 0 aromatic rings. The quantitative estimate of drug-likeness (QED) is 0.383. The Morgan fingerprint density at radius 3 is 0.833 bits per heavy atom. The summed E-state index contributed by atoms with van der Waals surface area (Å²) in [4.78, 5) is 0. The molecule has 1 aliphatic rings. The molecule has 6 heavy (non-hydrogen) atoms. The minimum atomic E-state index is 0. The van der Waals surface area contributed by atoms with Crippen molar-refractivity contribution in [1.29, 1.82) is 0 Å². The van der Waals surface area contributed by atoms with Crippen molar-refractivity contribution in [3.8, 4) is 0 Å². The van der Waals surface area contributed by atoms with Gasteiger partial charge < -0.3 is 0 Å². The van der Waals surface area contributed by atoms with Crippen LogP contribution < -0.4 is 0 Å². The maximum atomic E-state index is 1.50. The first-order chi connectivity index (χ1) is 2.50. The summed E-state index contributed by atoms with van der Waals surface area (Å²) in [6.07, 6.45) is 7.50.